The molecule has 0 rings (SSSR count). The fraction of sp³-hybridized carbons (Fsp3) is 0.875. The molecule has 0 radical (unpaired) electrons. The molecule has 0 spiro atoms. The fourth-order valence-corrected chi connectivity index (χ4v) is 4.29. The summed E-state index contributed by atoms with van der Waals surface area (Å²) in [5, 5.41) is 9.17. The van der Waals surface area contributed by atoms with Gasteiger partial charge in [-0.2, -0.15) is 0 Å². The topological polar surface area (TPSA) is 37.3 Å². The quantitative estimate of drug-likeness (QED) is 0.400. The van der Waals surface area contributed by atoms with Crippen LogP contribution in [0, 0.1) is 0 Å². The van der Waals surface area contributed by atoms with Crippen molar-refractivity contribution in [3.05, 3.63) is 0 Å². The van der Waals surface area contributed by atoms with Crippen molar-refractivity contribution in [2.75, 3.05) is 10.8 Å². The van der Waals surface area contributed by atoms with Gasteiger partial charge in [0.1, 0.15) is 5.25 Å². The summed E-state index contributed by atoms with van der Waals surface area (Å²) >= 11 is 1.49. The lowest BCUT2D eigenvalue weighted by Gasteiger charge is -2.04. The summed E-state index contributed by atoms with van der Waals surface area (Å²) < 4.78 is 0. The molecule has 0 aliphatic carbocycles. The van der Waals surface area contributed by atoms with Gasteiger partial charge in [-0.05, 0) is 13.3 Å². The van der Waals surface area contributed by atoms with Crippen LogP contribution >= 0.6 is 33.3 Å². The minimum atomic E-state index is -0.718. The van der Waals surface area contributed by atoms with Crippen molar-refractivity contribution in [3.63, 3.8) is 0 Å². The van der Waals surface area contributed by atoms with E-state index >= 15 is 0 Å². The summed E-state index contributed by atoms with van der Waals surface area (Å²) in [7, 11) is 3.59. The van der Waals surface area contributed by atoms with Gasteiger partial charge in [-0.15, -0.1) is 11.8 Å². The Kier molecular flexibility index (Phi) is 9.45. The second kappa shape index (κ2) is 9.09. The highest BCUT2D eigenvalue weighted by Gasteiger charge is 2.10. The first-order valence-corrected chi connectivity index (χ1v) is 7.81. The maximum absolute atomic E-state index is 10.4. The minimum absolute atomic E-state index is 0.278. The molecule has 0 aliphatic rings. The molecule has 78 valence electrons. The Bertz CT molecular complexity index is 141. The van der Waals surface area contributed by atoms with Gasteiger partial charge in [0.15, 0.2) is 0 Å². The standard InChI is InChI=1S/C8H16O2S3/c1-3-4-5-12-13-6-11-7(2)8(9)10/h7H,3-6H2,1-2H3,(H,9,10). The highest BCUT2D eigenvalue weighted by atomic mass is 33.1. The molecule has 0 amide bonds. The highest BCUT2D eigenvalue weighted by molar-refractivity contribution is 8.78. The van der Waals surface area contributed by atoms with E-state index < -0.39 is 5.97 Å². The Labute approximate surface area is 92.0 Å². The van der Waals surface area contributed by atoms with E-state index in [0.29, 0.717) is 0 Å². The van der Waals surface area contributed by atoms with E-state index in [2.05, 4.69) is 6.92 Å². The van der Waals surface area contributed by atoms with Crippen LogP contribution in [0.5, 0.6) is 0 Å². The minimum Gasteiger partial charge on any atom is -0.480 e. The van der Waals surface area contributed by atoms with Gasteiger partial charge in [0.05, 0.1) is 5.08 Å². The normalized spacial score (nSPS) is 12.8. The van der Waals surface area contributed by atoms with Gasteiger partial charge in [-0.1, -0.05) is 34.9 Å². The van der Waals surface area contributed by atoms with Gasteiger partial charge in [0, 0.05) is 5.75 Å². The van der Waals surface area contributed by atoms with Gasteiger partial charge in [-0.25, -0.2) is 0 Å². The maximum atomic E-state index is 10.4. The molecular formula is C8H16O2S3. The predicted octanol–water partition coefficient (Wildman–Crippen LogP) is 3.33. The van der Waals surface area contributed by atoms with Crippen LogP contribution in [0.2, 0.25) is 0 Å². The summed E-state index contributed by atoms with van der Waals surface area (Å²) in [6, 6.07) is 0. The molecule has 5 heteroatoms. The van der Waals surface area contributed by atoms with Crippen molar-refractivity contribution in [2.45, 2.75) is 31.9 Å². The fourth-order valence-electron chi connectivity index (χ4n) is 0.497. The zero-order chi connectivity index (χ0) is 10.1. The lowest BCUT2D eigenvalue weighted by Crippen LogP contribution is -2.11. The molecule has 2 nitrogen and oxygen atoms in total. The Morgan fingerprint density at radius 2 is 2.15 bits per heavy atom. The molecule has 1 atom stereocenters. The molecule has 0 aliphatic heterocycles. The largest absolute Gasteiger partial charge is 0.480 e. The summed E-state index contributed by atoms with van der Waals surface area (Å²) in [5.41, 5.74) is 0. The maximum Gasteiger partial charge on any atom is 0.316 e. The average molecular weight is 240 g/mol. The third-order valence-electron chi connectivity index (χ3n) is 1.38. The number of aliphatic carboxylic acids is 1. The molecule has 13 heavy (non-hydrogen) atoms. The Balaban J connectivity index is 3.11. The van der Waals surface area contributed by atoms with Crippen LogP contribution in [-0.2, 0) is 4.79 Å². The van der Waals surface area contributed by atoms with E-state index in [9.17, 15) is 4.79 Å². The van der Waals surface area contributed by atoms with Crippen LogP contribution in [0.25, 0.3) is 0 Å². The van der Waals surface area contributed by atoms with E-state index in [4.69, 9.17) is 5.11 Å². The Morgan fingerprint density at radius 3 is 2.69 bits per heavy atom. The molecule has 0 fully saturated rings. The number of rotatable bonds is 8. The summed E-state index contributed by atoms with van der Waals surface area (Å²) in [5.74, 6) is 0.451. The first-order chi connectivity index (χ1) is 6.18. The van der Waals surface area contributed by atoms with Crippen molar-refractivity contribution in [2.24, 2.45) is 0 Å². The summed E-state index contributed by atoms with van der Waals surface area (Å²) in [6.07, 6.45) is 2.48. The number of hydrogen-bond acceptors (Lipinski definition) is 4. The number of carbonyl (C=O) groups is 1. The van der Waals surface area contributed by atoms with Crippen LogP contribution in [0.15, 0.2) is 0 Å². The van der Waals surface area contributed by atoms with Gasteiger partial charge in [0.2, 0.25) is 0 Å². The molecule has 0 aromatic carbocycles. The predicted molar refractivity (Wildman–Crippen MR) is 64.5 cm³/mol. The number of carboxylic acid groups (broad SMARTS) is 1. The number of hydrogen-bond donors (Lipinski definition) is 1. The van der Waals surface area contributed by atoms with Crippen LogP contribution in [0.3, 0.4) is 0 Å². The average Bonchev–Trinajstić information content (AvgIpc) is 2.10. The van der Waals surface area contributed by atoms with Gasteiger partial charge in [0.25, 0.3) is 0 Å². The van der Waals surface area contributed by atoms with Crippen LogP contribution in [-0.4, -0.2) is 27.2 Å². The van der Waals surface area contributed by atoms with Gasteiger partial charge in [-0.3, -0.25) is 4.79 Å². The van der Waals surface area contributed by atoms with Crippen molar-refractivity contribution >= 4 is 39.3 Å². The number of thioether (sulfide) groups is 1. The van der Waals surface area contributed by atoms with E-state index in [0.717, 1.165) is 5.08 Å². The monoisotopic (exact) mass is 240 g/mol. The molecule has 0 saturated heterocycles. The number of unbranched alkanes of at least 4 members (excludes halogenated alkanes) is 1. The Hall–Kier alpha value is 0.520. The van der Waals surface area contributed by atoms with Gasteiger partial charge < -0.3 is 5.11 Å². The van der Waals surface area contributed by atoms with Crippen molar-refractivity contribution in [3.8, 4) is 0 Å². The van der Waals surface area contributed by atoms with Gasteiger partial charge >= 0.3 is 5.97 Å². The number of carboxylic acids is 1. The first-order valence-electron chi connectivity index (χ1n) is 4.27. The first kappa shape index (κ1) is 13.5. The lowest BCUT2D eigenvalue weighted by molar-refractivity contribution is -0.136. The zero-order valence-electron chi connectivity index (χ0n) is 7.99. The van der Waals surface area contributed by atoms with E-state index in [1.165, 1.54) is 30.4 Å². The van der Waals surface area contributed by atoms with Crippen molar-refractivity contribution in [1.82, 2.24) is 0 Å². The molecule has 0 aromatic heterocycles. The molecule has 0 aromatic rings. The second-order valence-corrected chi connectivity index (χ2v) is 6.84. The zero-order valence-corrected chi connectivity index (χ0v) is 10.4. The van der Waals surface area contributed by atoms with Crippen molar-refractivity contribution in [1.29, 1.82) is 0 Å². The van der Waals surface area contributed by atoms with Crippen LogP contribution in [0.1, 0.15) is 26.7 Å². The summed E-state index contributed by atoms with van der Waals surface area (Å²) in [4.78, 5) is 10.4. The van der Waals surface area contributed by atoms with E-state index in [1.807, 2.05) is 10.8 Å². The van der Waals surface area contributed by atoms with E-state index in [-0.39, 0.29) is 5.25 Å². The molecular weight excluding hydrogens is 224 g/mol. The van der Waals surface area contributed by atoms with E-state index in [1.54, 1.807) is 17.7 Å². The highest BCUT2D eigenvalue weighted by Crippen LogP contribution is 2.28. The van der Waals surface area contributed by atoms with Crippen LogP contribution < -0.4 is 0 Å². The third-order valence-corrected chi connectivity index (χ3v) is 5.50. The Morgan fingerprint density at radius 1 is 1.46 bits per heavy atom. The SMILES string of the molecule is CCCCSSCSC(C)C(=O)O. The summed E-state index contributed by atoms with van der Waals surface area (Å²) in [6.45, 7) is 3.90. The lowest BCUT2D eigenvalue weighted by atomic mass is 10.4. The molecule has 0 heterocycles. The third kappa shape index (κ3) is 8.84. The molecule has 1 unspecified atom stereocenters. The molecule has 0 bridgehead atoms. The van der Waals surface area contributed by atoms with Crippen LogP contribution in [0.4, 0.5) is 0 Å². The second-order valence-electron chi connectivity index (χ2n) is 2.56. The molecule has 1 N–H and O–H groups in total. The smallest absolute Gasteiger partial charge is 0.316 e. The molecule has 0 saturated carbocycles. The van der Waals surface area contributed by atoms with Crippen molar-refractivity contribution < 1.29 is 9.90 Å².